The van der Waals surface area contributed by atoms with Gasteiger partial charge >= 0.3 is 12.1 Å². The lowest BCUT2D eigenvalue weighted by molar-refractivity contribution is -0.116. The summed E-state index contributed by atoms with van der Waals surface area (Å²) in [6, 6.07) is 16.1. The standard InChI is InChI=1S/C24H21N3O6/c28-21(26-12-20-22(23(29)30)27-14-33-20)10-5-11-25-24(31)32-13-19-17-8-3-1-6-15(17)16-7-2-4-9-18(16)19/h1-10,14,19H,11-13H2,(H,25,31)(H,26,28)(H,29,30)/b10-5+. The molecule has 0 unspecified atom stereocenters. The molecule has 0 aliphatic heterocycles. The van der Waals surface area contributed by atoms with E-state index in [4.69, 9.17) is 14.3 Å². The third-order valence-corrected chi connectivity index (χ3v) is 5.24. The normalized spacial score (nSPS) is 12.2. The van der Waals surface area contributed by atoms with Crippen LogP contribution in [0.2, 0.25) is 0 Å². The summed E-state index contributed by atoms with van der Waals surface area (Å²) in [5.74, 6) is -1.70. The average molecular weight is 447 g/mol. The first kappa shape index (κ1) is 21.8. The van der Waals surface area contributed by atoms with Gasteiger partial charge in [-0.1, -0.05) is 54.6 Å². The summed E-state index contributed by atoms with van der Waals surface area (Å²) in [4.78, 5) is 38.5. The number of aromatic nitrogens is 1. The highest BCUT2D eigenvalue weighted by Gasteiger charge is 2.28. The van der Waals surface area contributed by atoms with Crippen LogP contribution in [0.4, 0.5) is 4.79 Å². The second-order valence-electron chi connectivity index (χ2n) is 7.26. The minimum atomic E-state index is -1.24. The van der Waals surface area contributed by atoms with Crippen molar-refractivity contribution >= 4 is 18.0 Å². The number of alkyl carbamates (subject to hydrolysis) is 1. The number of benzene rings is 2. The Hall–Kier alpha value is -4.40. The van der Waals surface area contributed by atoms with E-state index in [2.05, 4.69) is 27.8 Å². The number of carboxylic acids is 1. The summed E-state index contributed by atoms with van der Waals surface area (Å²) >= 11 is 0. The SMILES string of the molecule is O=C(/C=C/CNC(=O)OCC1c2ccccc2-c2ccccc21)NCc1ocnc1C(=O)O. The van der Waals surface area contributed by atoms with Crippen LogP contribution in [0.5, 0.6) is 0 Å². The Bertz CT molecular complexity index is 1170. The maximum Gasteiger partial charge on any atom is 0.407 e. The summed E-state index contributed by atoms with van der Waals surface area (Å²) in [5.41, 5.74) is 4.30. The second kappa shape index (κ2) is 9.82. The van der Waals surface area contributed by atoms with E-state index in [0.717, 1.165) is 28.6 Å². The molecule has 1 aromatic heterocycles. The number of carbonyl (C=O) groups excluding carboxylic acids is 2. The lowest BCUT2D eigenvalue weighted by Crippen LogP contribution is -2.26. The topological polar surface area (TPSA) is 131 Å². The van der Waals surface area contributed by atoms with Crippen molar-refractivity contribution in [3.8, 4) is 11.1 Å². The molecule has 0 spiro atoms. The van der Waals surface area contributed by atoms with Crippen LogP contribution in [-0.4, -0.2) is 41.2 Å². The van der Waals surface area contributed by atoms with Gasteiger partial charge in [0.25, 0.3) is 0 Å². The molecule has 168 valence electrons. The summed E-state index contributed by atoms with van der Waals surface area (Å²) in [7, 11) is 0. The van der Waals surface area contributed by atoms with Gasteiger partial charge in [0.2, 0.25) is 5.91 Å². The summed E-state index contributed by atoms with van der Waals surface area (Å²) in [6.07, 6.45) is 3.09. The van der Waals surface area contributed by atoms with Crippen LogP contribution in [0.25, 0.3) is 11.1 Å². The number of fused-ring (bicyclic) bond motifs is 3. The Labute approximate surface area is 189 Å². The fourth-order valence-corrected chi connectivity index (χ4v) is 3.75. The van der Waals surface area contributed by atoms with Gasteiger partial charge in [-0.3, -0.25) is 4.79 Å². The van der Waals surface area contributed by atoms with Crippen LogP contribution in [0.1, 0.15) is 33.3 Å². The molecule has 2 amide bonds. The Kier molecular flexibility index (Phi) is 6.49. The minimum absolute atomic E-state index is 0.0312. The molecule has 1 aliphatic carbocycles. The molecule has 9 heteroatoms. The quantitative estimate of drug-likeness (QED) is 0.452. The van der Waals surface area contributed by atoms with Crippen molar-refractivity contribution in [3.63, 3.8) is 0 Å². The van der Waals surface area contributed by atoms with Crippen molar-refractivity contribution in [2.75, 3.05) is 13.2 Å². The van der Waals surface area contributed by atoms with Gasteiger partial charge in [-0.25, -0.2) is 14.6 Å². The number of ether oxygens (including phenoxy) is 1. The molecule has 0 bridgehead atoms. The molecule has 0 saturated heterocycles. The molecule has 0 saturated carbocycles. The van der Waals surface area contributed by atoms with Crippen LogP contribution in [0, 0.1) is 0 Å². The van der Waals surface area contributed by atoms with E-state index in [1.807, 2.05) is 36.4 Å². The molecule has 3 aromatic rings. The first-order valence-electron chi connectivity index (χ1n) is 10.2. The van der Waals surface area contributed by atoms with E-state index in [0.29, 0.717) is 0 Å². The van der Waals surface area contributed by atoms with Gasteiger partial charge in [0.15, 0.2) is 17.8 Å². The number of hydrogen-bond donors (Lipinski definition) is 3. The Morgan fingerprint density at radius 2 is 1.70 bits per heavy atom. The average Bonchev–Trinajstić information content (AvgIpc) is 3.42. The number of rotatable bonds is 8. The van der Waals surface area contributed by atoms with E-state index in [1.165, 1.54) is 12.2 Å². The van der Waals surface area contributed by atoms with Gasteiger partial charge in [-0.05, 0) is 22.3 Å². The van der Waals surface area contributed by atoms with Crippen molar-refractivity contribution in [1.29, 1.82) is 0 Å². The lowest BCUT2D eigenvalue weighted by atomic mass is 9.98. The highest BCUT2D eigenvalue weighted by molar-refractivity contribution is 5.88. The molecule has 0 fully saturated rings. The molecule has 4 rings (SSSR count). The molecule has 1 aliphatic rings. The number of nitrogens with one attached hydrogen (secondary N) is 2. The largest absolute Gasteiger partial charge is 0.476 e. The van der Waals surface area contributed by atoms with Crippen LogP contribution in [0.3, 0.4) is 0 Å². The van der Waals surface area contributed by atoms with Gasteiger partial charge in [0.1, 0.15) is 6.61 Å². The van der Waals surface area contributed by atoms with Crippen LogP contribution in [-0.2, 0) is 16.1 Å². The molecule has 0 radical (unpaired) electrons. The Morgan fingerprint density at radius 1 is 1.03 bits per heavy atom. The van der Waals surface area contributed by atoms with Crippen molar-refractivity contribution in [2.45, 2.75) is 12.5 Å². The zero-order valence-corrected chi connectivity index (χ0v) is 17.5. The van der Waals surface area contributed by atoms with E-state index in [9.17, 15) is 14.4 Å². The molecular weight excluding hydrogens is 426 g/mol. The molecule has 9 nitrogen and oxygen atoms in total. The van der Waals surface area contributed by atoms with Crippen molar-refractivity contribution in [3.05, 3.63) is 89.7 Å². The molecule has 0 atom stereocenters. The fourth-order valence-electron chi connectivity index (χ4n) is 3.75. The first-order valence-corrected chi connectivity index (χ1v) is 10.2. The predicted molar refractivity (Wildman–Crippen MR) is 118 cm³/mol. The van der Waals surface area contributed by atoms with Gasteiger partial charge in [0.05, 0.1) is 6.54 Å². The Balaban J connectivity index is 1.22. The number of carbonyl (C=O) groups is 3. The molecule has 1 heterocycles. The Morgan fingerprint density at radius 3 is 2.36 bits per heavy atom. The number of carboxylic acid groups (broad SMARTS) is 1. The van der Waals surface area contributed by atoms with Gasteiger partial charge < -0.3 is 24.9 Å². The number of aromatic carboxylic acids is 1. The summed E-state index contributed by atoms with van der Waals surface area (Å²) in [6.45, 7) is 0.171. The number of oxazole rings is 1. The van der Waals surface area contributed by atoms with Gasteiger partial charge in [-0.2, -0.15) is 0 Å². The number of hydrogen-bond acceptors (Lipinski definition) is 6. The lowest BCUT2D eigenvalue weighted by Gasteiger charge is -2.14. The molecular formula is C24H21N3O6. The highest BCUT2D eigenvalue weighted by atomic mass is 16.5. The van der Waals surface area contributed by atoms with Crippen LogP contribution in [0.15, 0.2) is 71.5 Å². The fraction of sp³-hybridized carbons (Fsp3) is 0.167. The maximum absolute atomic E-state index is 12.1. The highest BCUT2D eigenvalue weighted by Crippen LogP contribution is 2.44. The molecule has 3 N–H and O–H groups in total. The minimum Gasteiger partial charge on any atom is -0.476 e. The molecule has 33 heavy (non-hydrogen) atoms. The molecule has 2 aromatic carbocycles. The van der Waals surface area contributed by atoms with E-state index < -0.39 is 18.0 Å². The third-order valence-electron chi connectivity index (χ3n) is 5.24. The zero-order chi connectivity index (χ0) is 23.2. The summed E-state index contributed by atoms with van der Waals surface area (Å²) in [5, 5.41) is 14.0. The van der Waals surface area contributed by atoms with Crippen molar-refractivity contribution in [2.24, 2.45) is 0 Å². The monoisotopic (exact) mass is 447 g/mol. The van der Waals surface area contributed by atoms with Gasteiger partial charge in [-0.15, -0.1) is 0 Å². The smallest absolute Gasteiger partial charge is 0.407 e. The van der Waals surface area contributed by atoms with Crippen molar-refractivity contribution in [1.82, 2.24) is 15.6 Å². The number of amides is 2. The zero-order valence-electron chi connectivity index (χ0n) is 17.5. The first-order chi connectivity index (χ1) is 16.0. The predicted octanol–water partition coefficient (Wildman–Crippen LogP) is 3.08. The third kappa shape index (κ3) is 4.93. The van der Waals surface area contributed by atoms with E-state index in [1.54, 1.807) is 0 Å². The second-order valence-corrected chi connectivity index (χ2v) is 7.26. The maximum atomic E-state index is 12.1. The van der Waals surface area contributed by atoms with Crippen LogP contribution < -0.4 is 10.6 Å². The van der Waals surface area contributed by atoms with E-state index in [-0.39, 0.29) is 37.1 Å². The van der Waals surface area contributed by atoms with E-state index >= 15 is 0 Å². The van der Waals surface area contributed by atoms with Crippen LogP contribution >= 0.6 is 0 Å². The summed E-state index contributed by atoms with van der Waals surface area (Å²) < 4.78 is 10.4. The van der Waals surface area contributed by atoms with Gasteiger partial charge in [0, 0.05) is 18.5 Å². The number of nitrogens with zero attached hydrogens (tertiary/aromatic N) is 1. The van der Waals surface area contributed by atoms with Crippen molar-refractivity contribution < 1.29 is 28.6 Å².